The second kappa shape index (κ2) is 4.69. The first-order valence-electron chi connectivity index (χ1n) is 4.64. The van der Waals surface area contributed by atoms with Gasteiger partial charge in [0.15, 0.2) is 0 Å². The molecule has 0 unspecified atom stereocenters. The Hall–Kier alpha value is -0.980. The number of nitrogens with zero attached hydrogens (tertiary/aromatic N) is 2. The van der Waals surface area contributed by atoms with Crippen molar-refractivity contribution in [1.82, 2.24) is 9.29 Å². The monoisotopic (exact) mass is 229 g/mol. The molecule has 0 amide bonds. The van der Waals surface area contributed by atoms with E-state index < -0.39 is 10.2 Å². The number of pyridine rings is 1. The van der Waals surface area contributed by atoms with Crippen LogP contribution in [-0.4, -0.2) is 24.3 Å². The fraction of sp³-hybridized carbons (Fsp3) is 0.444. The van der Waals surface area contributed by atoms with Gasteiger partial charge in [0.1, 0.15) is 0 Å². The molecule has 0 fully saturated rings. The Bertz CT molecular complexity index is 431. The molecule has 0 atom stereocenters. The van der Waals surface area contributed by atoms with E-state index in [4.69, 9.17) is 5.14 Å². The smallest absolute Gasteiger partial charge is 0.257 e. The number of hydrogen-bond donors (Lipinski definition) is 1. The van der Waals surface area contributed by atoms with Crippen molar-refractivity contribution in [2.45, 2.75) is 20.4 Å². The summed E-state index contributed by atoms with van der Waals surface area (Å²) in [5.74, 6) is 0. The molecule has 0 saturated heterocycles. The third kappa shape index (κ3) is 3.58. The molecule has 6 heteroatoms. The molecule has 0 spiro atoms. The van der Waals surface area contributed by atoms with Crippen LogP contribution < -0.4 is 5.14 Å². The maximum absolute atomic E-state index is 11.1. The SMILES string of the molecule is CCN(Cc1cccc(C)n1)S(N)(=O)=O. The quantitative estimate of drug-likeness (QED) is 0.812. The molecule has 0 saturated carbocycles. The largest absolute Gasteiger partial charge is 0.277 e. The summed E-state index contributed by atoms with van der Waals surface area (Å²) in [5, 5.41) is 5.05. The van der Waals surface area contributed by atoms with E-state index in [9.17, 15) is 8.42 Å². The molecule has 5 nitrogen and oxygen atoms in total. The van der Waals surface area contributed by atoms with Gasteiger partial charge in [-0.2, -0.15) is 12.7 Å². The van der Waals surface area contributed by atoms with Gasteiger partial charge < -0.3 is 0 Å². The number of hydrogen-bond acceptors (Lipinski definition) is 3. The van der Waals surface area contributed by atoms with Crippen molar-refractivity contribution in [2.24, 2.45) is 5.14 Å². The van der Waals surface area contributed by atoms with Gasteiger partial charge in [-0.3, -0.25) is 4.98 Å². The highest BCUT2D eigenvalue weighted by Gasteiger charge is 2.15. The lowest BCUT2D eigenvalue weighted by molar-refractivity contribution is 0.419. The molecule has 0 radical (unpaired) electrons. The van der Waals surface area contributed by atoms with Crippen LogP contribution >= 0.6 is 0 Å². The number of aryl methyl sites for hydroxylation is 1. The van der Waals surface area contributed by atoms with Crippen LogP contribution in [0.1, 0.15) is 18.3 Å². The molecule has 1 aromatic rings. The topological polar surface area (TPSA) is 76.3 Å². The van der Waals surface area contributed by atoms with Gasteiger partial charge in [-0.15, -0.1) is 0 Å². The maximum Gasteiger partial charge on any atom is 0.277 e. The lowest BCUT2D eigenvalue weighted by Gasteiger charge is -2.16. The Labute approximate surface area is 90.1 Å². The minimum Gasteiger partial charge on any atom is -0.257 e. The Morgan fingerprint density at radius 2 is 2.13 bits per heavy atom. The minimum absolute atomic E-state index is 0.219. The third-order valence-corrected chi connectivity index (χ3v) is 3.10. The van der Waals surface area contributed by atoms with Gasteiger partial charge in [0, 0.05) is 12.2 Å². The standard InChI is InChI=1S/C9H15N3O2S/c1-3-12(15(10,13)14)7-9-6-4-5-8(2)11-9/h4-6H,3,7H2,1-2H3,(H2,10,13,14). The van der Waals surface area contributed by atoms with Gasteiger partial charge in [0.05, 0.1) is 12.2 Å². The first-order valence-corrected chi connectivity index (χ1v) is 6.14. The van der Waals surface area contributed by atoms with Gasteiger partial charge >= 0.3 is 0 Å². The van der Waals surface area contributed by atoms with Crippen LogP contribution in [0.25, 0.3) is 0 Å². The number of aromatic nitrogens is 1. The summed E-state index contributed by atoms with van der Waals surface area (Å²) < 4.78 is 23.4. The van der Waals surface area contributed by atoms with Crippen LogP contribution in [0.15, 0.2) is 18.2 Å². The summed E-state index contributed by atoms with van der Waals surface area (Å²) in [6.07, 6.45) is 0. The zero-order chi connectivity index (χ0) is 11.5. The fourth-order valence-corrected chi connectivity index (χ4v) is 1.92. The summed E-state index contributed by atoms with van der Waals surface area (Å²) in [5.41, 5.74) is 1.56. The number of rotatable bonds is 4. The molecule has 0 bridgehead atoms. The van der Waals surface area contributed by atoms with Gasteiger partial charge in [-0.1, -0.05) is 13.0 Å². The van der Waals surface area contributed by atoms with E-state index in [1.165, 1.54) is 4.31 Å². The summed E-state index contributed by atoms with van der Waals surface area (Å²) in [6, 6.07) is 5.48. The summed E-state index contributed by atoms with van der Waals surface area (Å²) >= 11 is 0. The van der Waals surface area contributed by atoms with Crippen molar-refractivity contribution >= 4 is 10.2 Å². The van der Waals surface area contributed by atoms with E-state index in [2.05, 4.69) is 4.98 Å². The predicted octanol–water partition coefficient (Wildman–Crippen LogP) is 0.415. The first-order chi connectivity index (χ1) is 6.93. The fourth-order valence-electron chi connectivity index (χ4n) is 1.25. The molecule has 0 aliphatic rings. The molecule has 2 N–H and O–H groups in total. The molecule has 0 aliphatic heterocycles. The Balaban J connectivity index is 2.85. The zero-order valence-corrected chi connectivity index (χ0v) is 9.66. The van der Waals surface area contributed by atoms with E-state index in [0.717, 1.165) is 5.69 Å². The van der Waals surface area contributed by atoms with Crippen molar-refractivity contribution in [3.8, 4) is 0 Å². The molecule has 84 valence electrons. The first kappa shape index (κ1) is 12.1. The van der Waals surface area contributed by atoms with Crippen LogP contribution in [0, 0.1) is 6.92 Å². The average molecular weight is 229 g/mol. The summed E-state index contributed by atoms with van der Waals surface area (Å²) in [6.45, 7) is 4.16. The maximum atomic E-state index is 11.1. The molecule has 1 heterocycles. The summed E-state index contributed by atoms with van der Waals surface area (Å²) in [4.78, 5) is 4.21. The van der Waals surface area contributed by atoms with Crippen molar-refractivity contribution in [1.29, 1.82) is 0 Å². The minimum atomic E-state index is -3.63. The van der Waals surface area contributed by atoms with Crippen molar-refractivity contribution < 1.29 is 8.42 Å². The van der Waals surface area contributed by atoms with Crippen LogP contribution in [0.4, 0.5) is 0 Å². The Morgan fingerprint density at radius 1 is 1.47 bits per heavy atom. The summed E-state index contributed by atoms with van der Waals surface area (Å²) in [7, 11) is -3.63. The molecule has 0 aromatic carbocycles. The highest BCUT2D eigenvalue weighted by atomic mass is 32.2. The highest BCUT2D eigenvalue weighted by Crippen LogP contribution is 2.05. The molecule has 0 aliphatic carbocycles. The third-order valence-electron chi connectivity index (χ3n) is 2.00. The normalized spacial score (nSPS) is 12.0. The van der Waals surface area contributed by atoms with Gasteiger partial charge in [-0.05, 0) is 19.1 Å². The second-order valence-electron chi connectivity index (χ2n) is 3.24. The van der Waals surface area contributed by atoms with E-state index in [-0.39, 0.29) is 6.54 Å². The van der Waals surface area contributed by atoms with Crippen molar-refractivity contribution in [2.75, 3.05) is 6.54 Å². The van der Waals surface area contributed by atoms with Crippen LogP contribution in [-0.2, 0) is 16.8 Å². The lowest BCUT2D eigenvalue weighted by Crippen LogP contribution is -2.36. The van der Waals surface area contributed by atoms with Crippen LogP contribution in [0.3, 0.4) is 0 Å². The average Bonchev–Trinajstić information content (AvgIpc) is 2.12. The Morgan fingerprint density at radius 3 is 2.60 bits per heavy atom. The molecule has 1 rings (SSSR count). The molecular weight excluding hydrogens is 214 g/mol. The molecule has 1 aromatic heterocycles. The van der Waals surface area contributed by atoms with E-state index in [0.29, 0.717) is 12.2 Å². The van der Waals surface area contributed by atoms with Crippen molar-refractivity contribution in [3.63, 3.8) is 0 Å². The van der Waals surface area contributed by atoms with Crippen LogP contribution in [0.2, 0.25) is 0 Å². The van der Waals surface area contributed by atoms with Gasteiger partial charge in [0.2, 0.25) is 0 Å². The molecular formula is C9H15N3O2S. The van der Waals surface area contributed by atoms with Crippen LogP contribution in [0.5, 0.6) is 0 Å². The lowest BCUT2D eigenvalue weighted by atomic mass is 10.3. The highest BCUT2D eigenvalue weighted by molar-refractivity contribution is 7.86. The van der Waals surface area contributed by atoms with E-state index >= 15 is 0 Å². The van der Waals surface area contributed by atoms with Crippen molar-refractivity contribution in [3.05, 3.63) is 29.6 Å². The number of nitrogens with two attached hydrogens (primary N) is 1. The zero-order valence-electron chi connectivity index (χ0n) is 8.84. The van der Waals surface area contributed by atoms with Gasteiger partial charge in [-0.25, -0.2) is 5.14 Å². The Kier molecular flexibility index (Phi) is 3.78. The van der Waals surface area contributed by atoms with E-state index in [1.807, 2.05) is 19.1 Å². The van der Waals surface area contributed by atoms with E-state index in [1.54, 1.807) is 13.0 Å². The predicted molar refractivity (Wildman–Crippen MR) is 58.2 cm³/mol. The van der Waals surface area contributed by atoms with Gasteiger partial charge in [0.25, 0.3) is 10.2 Å². The molecule has 15 heavy (non-hydrogen) atoms. The second-order valence-corrected chi connectivity index (χ2v) is 4.79.